The van der Waals surface area contributed by atoms with Crippen molar-refractivity contribution in [3.63, 3.8) is 0 Å². The summed E-state index contributed by atoms with van der Waals surface area (Å²) in [6, 6.07) is 14.0. The second kappa shape index (κ2) is 8.38. The molecule has 1 fully saturated rings. The Morgan fingerprint density at radius 3 is 2.33 bits per heavy atom. The number of hydrogen-bond donors (Lipinski definition) is 0. The van der Waals surface area contributed by atoms with Gasteiger partial charge in [0.15, 0.2) is 4.90 Å². The molecule has 4 aromatic rings. The van der Waals surface area contributed by atoms with Crippen LogP contribution in [0.2, 0.25) is 0 Å². The van der Waals surface area contributed by atoms with E-state index in [1.807, 2.05) is 24.4 Å². The summed E-state index contributed by atoms with van der Waals surface area (Å²) in [7, 11) is -3.29. The van der Waals surface area contributed by atoms with E-state index in [1.165, 1.54) is 6.26 Å². The number of benzene rings is 1. The van der Waals surface area contributed by atoms with Crippen LogP contribution >= 0.6 is 0 Å². The van der Waals surface area contributed by atoms with Gasteiger partial charge < -0.3 is 14.4 Å². The number of nitrogens with zero attached hydrogens (tertiary/aromatic N) is 6. The normalized spacial score (nSPS) is 16.1. The van der Waals surface area contributed by atoms with Crippen molar-refractivity contribution in [2.45, 2.75) is 4.90 Å². The molecule has 4 heterocycles. The minimum Gasteiger partial charge on any atom is -0.610 e. The molecule has 0 radical (unpaired) electrons. The van der Waals surface area contributed by atoms with E-state index in [-0.39, 0.29) is 10.8 Å². The van der Waals surface area contributed by atoms with Crippen LogP contribution in [0.4, 0.5) is 5.95 Å². The molecule has 1 unspecified atom stereocenters. The molecule has 10 heteroatoms. The van der Waals surface area contributed by atoms with Gasteiger partial charge in [0.1, 0.15) is 6.26 Å². The number of aromatic nitrogens is 4. The lowest BCUT2D eigenvalue weighted by molar-refractivity contribution is 0.0733. The number of fused-ring (bicyclic) bond motifs is 1. The first kappa shape index (κ1) is 21.2. The van der Waals surface area contributed by atoms with E-state index in [9.17, 15) is 13.6 Å². The number of hydrogen-bond acceptors (Lipinski definition) is 7. The standard InChI is InChI=1S/C23H22N6O3S/c1-33(31,32)18-8-6-17(7-9-18)20-19-5-2-3-12-29(19)21(26-20)22(30)27-13-15-28(16-14-27)23-24-10-4-11-25-23/h2-12H,13-16H2,1H3. The predicted octanol–water partition coefficient (Wildman–Crippen LogP) is 2.37. The zero-order chi connectivity index (χ0) is 23.0. The molecule has 9 nitrogen and oxygen atoms in total. The lowest BCUT2D eigenvalue weighted by Crippen LogP contribution is -2.49. The molecule has 1 aliphatic heterocycles. The lowest BCUT2D eigenvalue weighted by Gasteiger charge is -2.34. The minimum absolute atomic E-state index is 0.149. The van der Waals surface area contributed by atoms with Crippen LogP contribution in [0.15, 0.2) is 72.0 Å². The third-order valence-electron chi connectivity index (χ3n) is 5.70. The maximum absolute atomic E-state index is 13.4. The van der Waals surface area contributed by atoms with E-state index < -0.39 is 10.2 Å². The Morgan fingerprint density at radius 1 is 0.970 bits per heavy atom. The van der Waals surface area contributed by atoms with Crippen LogP contribution in [-0.2, 0) is 14.4 Å². The number of rotatable bonds is 4. The quantitative estimate of drug-likeness (QED) is 0.429. The van der Waals surface area contributed by atoms with E-state index >= 15 is 0 Å². The molecule has 168 valence electrons. The van der Waals surface area contributed by atoms with Gasteiger partial charge in [-0.15, -0.1) is 4.21 Å². The van der Waals surface area contributed by atoms with Crippen LogP contribution in [0.1, 0.15) is 10.6 Å². The Morgan fingerprint density at radius 2 is 1.67 bits per heavy atom. The maximum atomic E-state index is 13.4. The number of imidazole rings is 1. The predicted molar refractivity (Wildman–Crippen MR) is 124 cm³/mol. The topological polar surface area (TPSA) is 107 Å². The molecule has 0 aliphatic carbocycles. The van der Waals surface area contributed by atoms with Crippen molar-refractivity contribution in [3.8, 4) is 11.3 Å². The van der Waals surface area contributed by atoms with E-state index in [2.05, 4.69) is 19.9 Å². The Kier molecular flexibility index (Phi) is 5.39. The van der Waals surface area contributed by atoms with Crippen LogP contribution in [0.5, 0.6) is 0 Å². The third-order valence-corrected chi connectivity index (χ3v) is 6.83. The first-order valence-electron chi connectivity index (χ1n) is 10.5. The van der Waals surface area contributed by atoms with E-state index in [0.717, 1.165) is 11.1 Å². The average Bonchev–Trinajstić information content (AvgIpc) is 3.23. The van der Waals surface area contributed by atoms with Crippen LogP contribution in [-0.4, -0.2) is 67.1 Å². The van der Waals surface area contributed by atoms with Gasteiger partial charge in [-0.2, -0.15) is 0 Å². The number of anilines is 1. The molecular weight excluding hydrogens is 440 g/mol. The van der Waals surface area contributed by atoms with Crippen LogP contribution in [0, 0.1) is 0 Å². The molecule has 0 spiro atoms. The highest BCUT2D eigenvalue weighted by Gasteiger charge is 2.27. The molecule has 0 bridgehead atoms. The summed E-state index contributed by atoms with van der Waals surface area (Å²) in [6.45, 7) is 2.35. The maximum Gasteiger partial charge on any atom is 0.290 e. The van der Waals surface area contributed by atoms with E-state index in [4.69, 9.17) is 0 Å². The molecule has 0 saturated carbocycles. The second-order valence-corrected chi connectivity index (χ2v) is 9.88. The second-order valence-electron chi connectivity index (χ2n) is 7.86. The largest absolute Gasteiger partial charge is 0.610 e. The van der Waals surface area contributed by atoms with Crippen molar-refractivity contribution in [1.29, 1.82) is 0 Å². The Balaban J connectivity index is 1.42. The van der Waals surface area contributed by atoms with Crippen LogP contribution < -0.4 is 4.90 Å². The van der Waals surface area contributed by atoms with Crippen molar-refractivity contribution in [1.82, 2.24) is 24.3 Å². The fourth-order valence-corrected chi connectivity index (χ4v) is 4.60. The zero-order valence-electron chi connectivity index (χ0n) is 18.0. The van der Waals surface area contributed by atoms with E-state index in [1.54, 1.807) is 52.0 Å². The summed E-state index contributed by atoms with van der Waals surface area (Å²) in [5.41, 5.74) is 2.16. The Hall–Kier alpha value is -3.63. The van der Waals surface area contributed by atoms with E-state index in [0.29, 0.717) is 43.6 Å². The number of pyridine rings is 1. The Labute approximate surface area is 192 Å². The SMILES string of the molecule is C[S+](=O)([O-])c1ccc(-c2nc(C(=O)N3CCN(c4ncccn4)CC3)n3ccccc23)cc1. The molecule has 33 heavy (non-hydrogen) atoms. The van der Waals surface area contributed by atoms with Gasteiger partial charge in [-0.25, -0.2) is 15.0 Å². The van der Waals surface area contributed by atoms with Crippen molar-refractivity contribution in [3.05, 3.63) is 72.9 Å². The zero-order valence-corrected chi connectivity index (χ0v) is 18.8. The molecular formula is C23H22N6O3S. The molecule has 3 aromatic heterocycles. The summed E-state index contributed by atoms with van der Waals surface area (Å²) >= 11 is 0. The molecule has 1 saturated heterocycles. The Bertz CT molecular complexity index is 1340. The van der Waals surface area contributed by atoms with Gasteiger partial charge in [0, 0.05) is 50.3 Å². The number of carbonyl (C=O) groups excluding carboxylic acids is 1. The van der Waals surface area contributed by atoms with Crippen molar-refractivity contribution >= 4 is 27.6 Å². The highest BCUT2D eigenvalue weighted by atomic mass is 32.3. The number of piperazine rings is 1. The van der Waals surface area contributed by atoms with Crippen LogP contribution in [0.25, 0.3) is 16.8 Å². The summed E-state index contributed by atoms with van der Waals surface area (Å²) < 4.78 is 25.4. The molecule has 1 aliphatic rings. The fourth-order valence-electron chi connectivity index (χ4n) is 3.97. The highest BCUT2D eigenvalue weighted by Crippen LogP contribution is 2.27. The molecule has 1 aromatic carbocycles. The number of sulfone groups is 1. The van der Waals surface area contributed by atoms with Gasteiger partial charge in [-0.05, 0) is 42.5 Å². The molecule has 1 atom stereocenters. The minimum atomic E-state index is -3.29. The average molecular weight is 463 g/mol. The van der Waals surface area contributed by atoms with Crippen molar-refractivity contribution in [2.24, 2.45) is 0 Å². The molecule has 1 amide bonds. The summed E-state index contributed by atoms with van der Waals surface area (Å²) in [4.78, 5) is 30.8. The van der Waals surface area contributed by atoms with Crippen LogP contribution in [0.3, 0.4) is 0 Å². The van der Waals surface area contributed by atoms with Gasteiger partial charge in [-0.1, -0.05) is 6.07 Å². The highest BCUT2D eigenvalue weighted by molar-refractivity contribution is 7.97. The van der Waals surface area contributed by atoms with Crippen molar-refractivity contribution < 1.29 is 13.6 Å². The smallest absolute Gasteiger partial charge is 0.290 e. The summed E-state index contributed by atoms with van der Waals surface area (Å²) in [6.07, 6.45) is 6.41. The first-order chi connectivity index (χ1) is 15.9. The summed E-state index contributed by atoms with van der Waals surface area (Å²) in [5, 5.41) is 0. The lowest BCUT2D eigenvalue weighted by atomic mass is 10.1. The monoisotopic (exact) mass is 462 g/mol. The van der Waals surface area contributed by atoms with Gasteiger partial charge in [0.05, 0.1) is 21.4 Å². The summed E-state index contributed by atoms with van der Waals surface area (Å²) in [5.74, 6) is 0.844. The van der Waals surface area contributed by atoms with Crippen molar-refractivity contribution in [2.75, 3.05) is 37.3 Å². The first-order valence-corrected chi connectivity index (χ1v) is 12.4. The third kappa shape index (κ3) is 4.10. The van der Waals surface area contributed by atoms with Gasteiger partial charge in [0.2, 0.25) is 11.8 Å². The van der Waals surface area contributed by atoms with Gasteiger partial charge in [0.25, 0.3) is 5.91 Å². The number of amides is 1. The fraction of sp³-hybridized carbons (Fsp3) is 0.217. The number of carbonyl (C=O) groups is 1. The molecule has 5 rings (SSSR count). The van der Waals surface area contributed by atoms with Gasteiger partial charge in [-0.3, -0.25) is 9.20 Å². The molecule has 0 N–H and O–H groups in total. The van der Waals surface area contributed by atoms with Gasteiger partial charge >= 0.3 is 0 Å².